The molecule has 1 aromatic heterocycles. The first kappa shape index (κ1) is 12.0. The zero-order valence-corrected chi connectivity index (χ0v) is 11.2. The first-order valence-corrected chi connectivity index (χ1v) is 6.36. The molecule has 0 amide bonds. The summed E-state index contributed by atoms with van der Waals surface area (Å²) < 4.78 is 1.09. The zero-order valence-electron chi connectivity index (χ0n) is 9.65. The molecular formula is C13H14BrN3. The Morgan fingerprint density at radius 2 is 2.12 bits per heavy atom. The molecule has 0 bridgehead atoms. The van der Waals surface area contributed by atoms with E-state index in [1.807, 2.05) is 18.2 Å². The Morgan fingerprint density at radius 1 is 1.24 bits per heavy atom. The van der Waals surface area contributed by atoms with Crippen LogP contribution >= 0.6 is 15.9 Å². The van der Waals surface area contributed by atoms with Crippen LogP contribution in [0.3, 0.4) is 0 Å². The van der Waals surface area contributed by atoms with Crippen molar-refractivity contribution in [3.63, 3.8) is 0 Å². The molecule has 1 aromatic carbocycles. The van der Waals surface area contributed by atoms with Crippen LogP contribution in [0.25, 0.3) is 0 Å². The summed E-state index contributed by atoms with van der Waals surface area (Å²) in [6.07, 6.45) is 2.52. The van der Waals surface area contributed by atoms with Gasteiger partial charge in [0, 0.05) is 22.8 Å². The fourth-order valence-corrected chi connectivity index (χ4v) is 1.97. The molecule has 0 unspecified atom stereocenters. The van der Waals surface area contributed by atoms with Crippen molar-refractivity contribution in [3.05, 3.63) is 52.4 Å². The molecule has 0 saturated heterocycles. The number of aryl methyl sites for hydroxylation is 1. The molecule has 0 radical (unpaired) electrons. The predicted octanol–water partition coefficient (Wildman–Crippen LogP) is 3.41. The van der Waals surface area contributed by atoms with E-state index in [1.54, 1.807) is 6.33 Å². The Balaban J connectivity index is 2.02. The lowest BCUT2D eigenvalue weighted by atomic mass is 10.2. The second kappa shape index (κ2) is 5.77. The molecule has 2 aromatic rings. The van der Waals surface area contributed by atoms with Crippen LogP contribution in [0.15, 0.2) is 41.1 Å². The van der Waals surface area contributed by atoms with Gasteiger partial charge in [-0.2, -0.15) is 0 Å². The summed E-state index contributed by atoms with van der Waals surface area (Å²) in [5.74, 6) is 0.872. The van der Waals surface area contributed by atoms with E-state index in [9.17, 15) is 0 Å². The molecule has 0 aliphatic heterocycles. The van der Waals surface area contributed by atoms with Gasteiger partial charge < -0.3 is 5.32 Å². The molecule has 3 nitrogen and oxygen atoms in total. The van der Waals surface area contributed by atoms with Gasteiger partial charge in [-0.1, -0.05) is 35.0 Å². The minimum absolute atomic E-state index is 0.763. The minimum atomic E-state index is 0.763. The van der Waals surface area contributed by atoms with Crippen molar-refractivity contribution < 1.29 is 0 Å². The van der Waals surface area contributed by atoms with Gasteiger partial charge in [-0.3, -0.25) is 0 Å². The smallest absolute Gasteiger partial charge is 0.129 e. The van der Waals surface area contributed by atoms with Crippen LogP contribution in [0, 0.1) is 0 Å². The topological polar surface area (TPSA) is 37.8 Å². The predicted molar refractivity (Wildman–Crippen MR) is 72.9 cm³/mol. The van der Waals surface area contributed by atoms with E-state index in [-0.39, 0.29) is 0 Å². The molecule has 1 heterocycles. The summed E-state index contributed by atoms with van der Waals surface area (Å²) in [6, 6.07) is 10.2. The van der Waals surface area contributed by atoms with Gasteiger partial charge >= 0.3 is 0 Å². The van der Waals surface area contributed by atoms with Crippen molar-refractivity contribution in [1.29, 1.82) is 0 Å². The molecule has 2 rings (SSSR count). The second-order valence-corrected chi connectivity index (χ2v) is 4.65. The van der Waals surface area contributed by atoms with Crippen LogP contribution in [0.4, 0.5) is 5.82 Å². The largest absolute Gasteiger partial charge is 0.366 e. The van der Waals surface area contributed by atoms with Crippen molar-refractivity contribution in [2.24, 2.45) is 0 Å². The molecule has 0 aliphatic carbocycles. The average Bonchev–Trinajstić information content (AvgIpc) is 2.37. The number of hydrogen-bond acceptors (Lipinski definition) is 3. The van der Waals surface area contributed by atoms with E-state index in [2.05, 4.69) is 50.3 Å². The number of rotatable bonds is 4. The van der Waals surface area contributed by atoms with Gasteiger partial charge in [-0.15, -0.1) is 0 Å². The first-order chi connectivity index (χ1) is 8.28. The fraction of sp³-hybridized carbons (Fsp3) is 0.231. The van der Waals surface area contributed by atoms with Gasteiger partial charge in [0.25, 0.3) is 0 Å². The summed E-state index contributed by atoms with van der Waals surface area (Å²) in [6.45, 7) is 2.85. The summed E-state index contributed by atoms with van der Waals surface area (Å²) in [4.78, 5) is 8.36. The Bertz CT molecular complexity index is 500. The van der Waals surface area contributed by atoms with E-state index in [0.29, 0.717) is 0 Å². The van der Waals surface area contributed by atoms with E-state index in [1.165, 1.54) is 5.56 Å². The number of nitrogens with one attached hydrogen (secondary N) is 1. The molecule has 0 spiro atoms. The first-order valence-electron chi connectivity index (χ1n) is 5.57. The molecule has 4 heteroatoms. The normalized spacial score (nSPS) is 10.2. The molecule has 1 N–H and O–H groups in total. The monoisotopic (exact) mass is 291 g/mol. The van der Waals surface area contributed by atoms with Gasteiger partial charge in [-0.05, 0) is 24.1 Å². The molecular weight excluding hydrogens is 278 g/mol. The summed E-state index contributed by atoms with van der Waals surface area (Å²) >= 11 is 3.46. The van der Waals surface area contributed by atoms with Crippen molar-refractivity contribution in [2.45, 2.75) is 19.9 Å². The van der Waals surface area contributed by atoms with E-state index < -0.39 is 0 Å². The SMILES string of the molecule is CCc1cc(NCc2cccc(Br)c2)ncn1. The minimum Gasteiger partial charge on any atom is -0.366 e. The maximum Gasteiger partial charge on any atom is 0.129 e. The lowest BCUT2D eigenvalue weighted by Crippen LogP contribution is -2.02. The van der Waals surface area contributed by atoms with Gasteiger partial charge in [0.05, 0.1) is 0 Å². The molecule has 17 heavy (non-hydrogen) atoms. The van der Waals surface area contributed by atoms with Crippen molar-refractivity contribution in [3.8, 4) is 0 Å². The Kier molecular flexibility index (Phi) is 4.09. The highest BCUT2D eigenvalue weighted by Gasteiger charge is 1.98. The Morgan fingerprint density at radius 3 is 2.88 bits per heavy atom. The van der Waals surface area contributed by atoms with E-state index in [0.717, 1.165) is 29.0 Å². The van der Waals surface area contributed by atoms with E-state index in [4.69, 9.17) is 0 Å². The van der Waals surface area contributed by atoms with Crippen LogP contribution in [0.1, 0.15) is 18.2 Å². The molecule has 0 saturated carbocycles. The number of nitrogens with zero attached hydrogens (tertiary/aromatic N) is 2. The number of benzene rings is 1. The summed E-state index contributed by atoms with van der Waals surface area (Å²) in [7, 11) is 0. The van der Waals surface area contributed by atoms with Gasteiger partial charge in [0.1, 0.15) is 12.1 Å². The van der Waals surface area contributed by atoms with Crippen LogP contribution in [0.5, 0.6) is 0 Å². The fourth-order valence-electron chi connectivity index (χ4n) is 1.53. The van der Waals surface area contributed by atoms with Crippen molar-refractivity contribution in [1.82, 2.24) is 9.97 Å². The van der Waals surface area contributed by atoms with Gasteiger partial charge in [0.15, 0.2) is 0 Å². The lowest BCUT2D eigenvalue weighted by molar-refractivity contribution is 0.986. The Hall–Kier alpha value is -1.42. The third-order valence-electron chi connectivity index (χ3n) is 2.45. The third-order valence-corrected chi connectivity index (χ3v) is 2.94. The number of anilines is 1. The van der Waals surface area contributed by atoms with Crippen LogP contribution < -0.4 is 5.32 Å². The maximum absolute atomic E-state index is 4.19. The highest BCUT2D eigenvalue weighted by atomic mass is 79.9. The molecule has 0 atom stereocenters. The molecule has 0 fully saturated rings. The molecule has 0 aliphatic rings. The van der Waals surface area contributed by atoms with Gasteiger partial charge in [-0.25, -0.2) is 9.97 Å². The zero-order chi connectivity index (χ0) is 12.1. The standard InChI is InChI=1S/C13H14BrN3/c1-2-12-7-13(17-9-16-12)15-8-10-4-3-5-11(14)6-10/h3-7,9H,2,8H2,1H3,(H,15,16,17). The number of hydrogen-bond donors (Lipinski definition) is 1. The van der Waals surface area contributed by atoms with Crippen LogP contribution in [0.2, 0.25) is 0 Å². The number of halogens is 1. The van der Waals surface area contributed by atoms with Crippen LogP contribution in [-0.4, -0.2) is 9.97 Å². The van der Waals surface area contributed by atoms with E-state index >= 15 is 0 Å². The highest BCUT2D eigenvalue weighted by molar-refractivity contribution is 9.10. The third kappa shape index (κ3) is 3.53. The summed E-state index contributed by atoms with van der Waals surface area (Å²) in [5.41, 5.74) is 2.27. The van der Waals surface area contributed by atoms with Gasteiger partial charge in [0.2, 0.25) is 0 Å². The molecule has 88 valence electrons. The maximum atomic E-state index is 4.19. The second-order valence-electron chi connectivity index (χ2n) is 3.73. The Labute approximate surface area is 109 Å². The highest BCUT2D eigenvalue weighted by Crippen LogP contribution is 2.13. The quantitative estimate of drug-likeness (QED) is 0.938. The van der Waals surface area contributed by atoms with Crippen molar-refractivity contribution >= 4 is 21.7 Å². The summed E-state index contributed by atoms with van der Waals surface area (Å²) in [5, 5.41) is 3.29. The number of aromatic nitrogens is 2. The average molecular weight is 292 g/mol. The van der Waals surface area contributed by atoms with Crippen molar-refractivity contribution in [2.75, 3.05) is 5.32 Å². The lowest BCUT2D eigenvalue weighted by Gasteiger charge is -2.06. The van der Waals surface area contributed by atoms with Crippen LogP contribution in [-0.2, 0) is 13.0 Å².